The van der Waals surface area contributed by atoms with Gasteiger partial charge >= 0.3 is 0 Å². The van der Waals surface area contributed by atoms with E-state index in [9.17, 15) is 9.59 Å². The molecule has 2 aromatic heterocycles. The Morgan fingerprint density at radius 3 is 2.68 bits per heavy atom. The molecule has 34 heavy (non-hydrogen) atoms. The van der Waals surface area contributed by atoms with Crippen LogP contribution >= 0.6 is 11.8 Å². The third kappa shape index (κ3) is 3.94. The van der Waals surface area contributed by atoms with E-state index in [-0.39, 0.29) is 17.2 Å². The van der Waals surface area contributed by atoms with Gasteiger partial charge in [-0.25, -0.2) is 4.57 Å². The topological polar surface area (TPSA) is 81.7 Å². The van der Waals surface area contributed by atoms with Crippen LogP contribution in [-0.2, 0) is 4.79 Å². The van der Waals surface area contributed by atoms with Gasteiger partial charge < -0.3 is 9.64 Å². The van der Waals surface area contributed by atoms with Crippen molar-refractivity contribution in [1.82, 2.24) is 24.1 Å². The zero-order chi connectivity index (χ0) is 23.8. The van der Waals surface area contributed by atoms with E-state index >= 15 is 0 Å². The van der Waals surface area contributed by atoms with E-state index in [0.717, 1.165) is 31.5 Å². The molecule has 0 saturated carbocycles. The van der Waals surface area contributed by atoms with Gasteiger partial charge in [0.1, 0.15) is 5.75 Å². The summed E-state index contributed by atoms with van der Waals surface area (Å²) in [6, 6.07) is 13.1. The van der Waals surface area contributed by atoms with Crippen LogP contribution in [0.1, 0.15) is 25.3 Å². The standard InChI is InChI=1S/C25H27N5O3S/c1-16-10-12-28(13-11-16)22(31)15-34-25-27-26-24-29(20-14-17(2)8-9-21(20)33-3)23(32)18-6-4-5-7-19(18)30(24)25/h4-9,14,16H,10-13,15H2,1-3H3. The first-order chi connectivity index (χ1) is 16.5. The van der Waals surface area contributed by atoms with Gasteiger partial charge in [-0.15, -0.1) is 10.2 Å². The molecule has 4 aromatic rings. The number of carbonyl (C=O) groups is 1. The van der Waals surface area contributed by atoms with Crippen molar-refractivity contribution in [2.75, 3.05) is 26.0 Å². The lowest BCUT2D eigenvalue weighted by Crippen LogP contribution is -2.38. The highest BCUT2D eigenvalue weighted by Gasteiger charge is 2.23. The molecule has 0 atom stereocenters. The second-order valence-electron chi connectivity index (χ2n) is 8.80. The fourth-order valence-corrected chi connectivity index (χ4v) is 5.28. The number of fused-ring (bicyclic) bond motifs is 3. The number of methoxy groups -OCH3 is 1. The first-order valence-electron chi connectivity index (χ1n) is 11.4. The molecular formula is C25H27N5O3S. The van der Waals surface area contributed by atoms with Crippen LogP contribution in [0.15, 0.2) is 52.4 Å². The quantitative estimate of drug-likeness (QED) is 0.408. The largest absolute Gasteiger partial charge is 0.495 e. The number of rotatable bonds is 5. The number of para-hydroxylation sites is 1. The van der Waals surface area contributed by atoms with Crippen molar-refractivity contribution >= 4 is 34.3 Å². The van der Waals surface area contributed by atoms with E-state index in [1.165, 1.54) is 11.8 Å². The minimum atomic E-state index is -0.200. The van der Waals surface area contributed by atoms with Crippen LogP contribution < -0.4 is 10.3 Å². The zero-order valence-electron chi connectivity index (χ0n) is 19.5. The number of ether oxygens (including phenoxy) is 1. The van der Waals surface area contributed by atoms with Crippen LogP contribution in [0.4, 0.5) is 0 Å². The first-order valence-corrected chi connectivity index (χ1v) is 12.4. The molecule has 1 fully saturated rings. The molecular weight excluding hydrogens is 450 g/mol. The van der Waals surface area contributed by atoms with Gasteiger partial charge in [0.15, 0.2) is 5.16 Å². The smallest absolute Gasteiger partial charge is 0.267 e. The Labute approximate surface area is 201 Å². The number of likely N-dealkylation sites (tertiary alicyclic amines) is 1. The van der Waals surface area contributed by atoms with Gasteiger partial charge in [-0.2, -0.15) is 0 Å². The highest BCUT2D eigenvalue weighted by molar-refractivity contribution is 7.99. The summed E-state index contributed by atoms with van der Waals surface area (Å²) in [5, 5.41) is 9.88. The molecule has 176 valence electrons. The van der Waals surface area contributed by atoms with Crippen LogP contribution in [-0.4, -0.2) is 55.9 Å². The molecule has 5 rings (SSSR count). The highest BCUT2D eigenvalue weighted by Crippen LogP contribution is 2.28. The molecule has 0 aliphatic carbocycles. The third-order valence-corrected chi connectivity index (χ3v) is 7.34. The molecule has 3 heterocycles. The number of aryl methyl sites for hydroxylation is 1. The minimum Gasteiger partial charge on any atom is -0.495 e. The summed E-state index contributed by atoms with van der Waals surface area (Å²) in [7, 11) is 1.58. The Bertz CT molecular complexity index is 1440. The van der Waals surface area contributed by atoms with Gasteiger partial charge in [-0.1, -0.05) is 36.9 Å². The molecule has 9 heteroatoms. The number of nitrogens with zero attached hydrogens (tertiary/aromatic N) is 5. The SMILES string of the molecule is COc1ccc(C)cc1-n1c(=O)c2ccccc2n2c(SCC(=O)N3CCC(C)CC3)nnc12. The van der Waals surface area contributed by atoms with Crippen LogP contribution in [0.3, 0.4) is 0 Å². The molecule has 1 aliphatic heterocycles. The van der Waals surface area contributed by atoms with Crippen molar-refractivity contribution in [3.63, 3.8) is 0 Å². The maximum Gasteiger partial charge on any atom is 0.267 e. The summed E-state index contributed by atoms with van der Waals surface area (Å²) >= 11 is 1.35. The second-order valence-corrected chi connectivity index (χ2v) is 9.75. The number of benzene rings is 2. The van der Waals surface area contributed by atoms with E-state index in [4.69, 9.17) is 4.74 Å². The zero-order valence-corrected chi connectivity index (χ0v) is 20.3. The molecule has 2 aromatic carbocycles. The van der Waals surface area contributed by atoms with Crippen molar-refractivity contribution in [1.29, 1.82) is 0 Å². The summed E-state index contributed by atoms with van der Waals surface area (Å²) < 4.78 is 8.96. The van der Waals surface area contributed by atoms with Gasteiger partial charge in [-0.05, 0) is 55.5 Å². The molecule has 0 N–H and O–H groups in total. The molecule has 1 aliphatic rings. The van der Waals surface area contributed by atoms with Crippen molar-refractivity contribution < 1.29 is 9.53 Å². The fourth-order valence-electron chi connectivity index (χ4n) is 4.44. The number of carbonyl (C=O) groups excluding carboxylic acids is 1. The highest BCUT2D eigenvalue weighted by atomic mass is 32.2. The molecule has 1 saturated heterocycles. The van der Waals surface area contributed by atoms with Crippen LogP contribution in [0.2, 0.25) is 0 Å². The lowest BCUT2D eigenvalue weighted by Gasteiger charge is -2.30. The van der Waals surface area contributed by atoms with E-state index < -0.39 is 0 Å². The predicted molar refractivity (Wildman–Crippen MR) is 133 cm³/mol. The van der Waals surface area contributed by atoms with Gasteiger partial charge in [0, 0.05) is 13.1 Å². The Kier molecular flexibility index (Phi) is 6.03. The molecule has 8 nitrogen and oxygen atoms in total. The fraction of sp³-hybridized carbons (Fsp3) is 0.360. The summed E-state index contributed by atoms with van der Waals surface area (Å²) in [5.74, 6) is 1.99. The van der Waals surface area contributed by atoms with E-state index in [0.29, 0.717) is 39.2 Å². The average Bonchev–Trinajstić information content (AvgIpc) is 3.27. The Morgan fingerprint density at radius 2 is 1.91 bits per heavy atom. The van der Waals surface area contributed by atoms with E-state index in [1.807, 2.05) is 52.6 Å². The number of hydrogen-bond donors (Lipinski definition) is 0. The van der Waals surface area contributed by atoms with Crippen molar-refractivity contribution in [3.05, 3.63) is 58.4 Å². The monoisotopic (exact) mass is 477 g/mol. The van der Waals surface area contributed by atoms with Crippen molar-refractivity contribution in [3.8, 4) is 11.4 Å². The number of piperidine rings is 1. The predicted octanol–water partition coefficient (Wildman–Crippen LogP) is 3.70. The Morgan fingerprint density at radius 1 is 1.15 bits per heavy atom. The number of thioether (sulfide) groups is 1. The Hall–Kier alpha value is -3.33. The maximum absolute atomic E-state index is 13.6. The number of hydrogen-bond acceptors (Lipinski definition) is 6. The number of aromatic nitrogens is 4. The van der Waals surface area contributed by atoms with E-state index in [2.05, 4.69) is 17.1 Å². The van der Waals surface area contributed by atoms with Crippen molar-refractivity contribution in [2.24, 2.45) is 5.92 Å². The van der Waals surface area contributed by atoms with Crippen LogP contribution in [0.25, 0.3) is 22.4 Å². The third-order valence-electron chi connectivity index (χ3n) is 6.43. The number of amides is 1. The van der Waals surface area contributed by atoms with Gasteiger partial charge in [0.05, 0.1) is 29.5 Å². The van der Waals surface area contributed by atoms with Gasteiger partial charge in [-0.3, -0.25) is 14.0 Å². The Balaban J connectivity index is 1.61. The normalized spacial score (nSPS) is 14.7. The molecule has 0 unspecified atom stereocenters. The second kappa shape index (κ2) is 9.13. The summed E-state index contributed by atoms with van der Waals surface area (Å²) in [6.07, 6.45) is 2.08. The first kappa shape index (κ1) is 22.5. The minimum absolute atomic E-state index is 0.103. The average molecular weight is 478 g/mol. The van der Waals surface area contributed by atoms with Gasteiger partial charge in [0.25, 0.3) is 5.56 Å². The van der Waals surface area contributed by atoms with Crippen LogP contribution in [0, 0.1) is 12.8 Å². The molecule has 0 radical (unpaired) electrons. The molecule has 0 spiro atoms. The maximum atomic E-state index is 13.6. The summed E-state index contributed by atoms with van der Waals surface area (Å²) in [6.45, 7) is 5.80. The van der Waals surface area contributed by atoms with Crippen molar-refractivity contribution in [2.45, 2.75) is 31.8 Å². The van der Waals surface area contributed by atoms with Crippen LogP contribution in [0.5, 0.6) is 5.75 Å². The summed E-state index contributed by atoms with van der Waals surface area (Å²) in [5.41, 5.74) is 2.10. The summed E-state index contributed by atoms with van der Waals surface area (Å²) in [4.78, 5) is 28.4. The molecule has 1 amide bonds. The lowest BCUT2D eigenvalue weighted by atomic mass is 9.99. The molecule has 0 bridgehead atoms. The van der Waals surface area contributed by atoms with E-state index in [1.54, 1.807) is 17.7 Å². The lowest BCUT2D eigenvalue weighted by molar-refractivity contribution is -0.129. The van der Waals surface area contributed by atoms with Gasteiger partial charge in [0.2, 0.25) is 11.7 Å².